The van der Waals surface area contributed by atoms with E-state index in [2.05, 4.69) is 25.8 Å². The molecule has 0 spiro atoms. The molecule has 0 aliphatic rings. The summed E-state index contributed by atoms with van der Waals surface area (Å²) in [4.78, 5) is 29.1. The van der Waals surface area contributed by atoms with E-state index < -0.39 is 0 Å². The molecule has 0 bridgehead atoms. The van der Waals surface area contributed by atoms with Gasteiger partial charge in [0.05, 0.1) is 18.0 Å². The van der Waals surface area contributed by atoms with Gasteiger partial charge in [-0.1, -0.05) is 71.4 Å². The Morgan fingerprint density at radius 1 is 1.14 bits per heavy atom. The van der Waals surface area contributed by atoms with Crippen LogP contribution >= 0.6 is 34.7 Å². The Morgan fingerprint density at radius 2 is 1.92 bits per heavy atom. The third-order valence-electron chi connectivity index (χ3n) is 5.10. The fourth-order valence-corrected chi connectivity index (χ4v) is 4.76. The highest BCUT2D eigenvalue weighted by molar-refractivity contribution is 7.99. The predicted molar refractivity (Wildman–Crippen MR) is 145 cm³/mol. The average molecular weight is 539 g/mol. The third kappa shape index (κ3) is 6.81. The summed E-state index contributed by atoms with van der Waals surface area (Å²) in [6, 6.07) is 15.3. The van der Waals surface area contributed by atoms with Gasteiger partial charge in [0.1, 0.15) is 0 Å². The van der Waals surface area contributed by atoms with Crippen LogP contribution in [0.1, 0.15) is 17.0 Å². The zero-order valence-corrected chi connectivity index (χ0v) is 22.0. The number of hydrogen-bond donors (Lipinski definition) is 2. The number of rotatable bonds is 9. The van der Waals surface area contributed by atoms with E-state index in [-0.39, 0.29) is 24.1 Å². The minimum Gasteiger partial charge on any atom is -0.345 e. The molecule has 0 aliphatic carbocycles. The van der Waals surface area contributed by atoms with E-state index in [9.17, 15) is 9.59 Å². The van der Waals surface area contributed by atoms with Crippen LogP contribution in [0.3, 0.4) is 0 Å². The van der Waals surface area contributed by atoms with Crippen molar-refractivity contribution in [1.82, 2.24) is 25.1 Å². The van der Waals surface area contributed by atoms with Crippen LogP contribution in [-0.2, 0) is 23.2 Å². The molecule has 2 aromatic heterocycles. The Morgan fingerprint density at radius 3 is 2.69 bits per heavy atom. The molecule has 4 rings (SSSR count). The predicted octanol–water partition coefficient (Wildman–Crippen LogP) is 4.96. The van der Waals surface area contributed by atoms with Gasteiger partial charge >= 0.3 is 0 Å². The number of benzene rings is 2. The highest BCUT2D eigenvalue weighted by Gasteiger charge is 2.13. The van der Waals surface area contributed by atoms with Crippen molar-refractivity contribution in [2.45, 2.75) is 18.6 Å². The molecule has 0 radical (unpaired) electrons. The number of nitrogens with one attached hydrogen (secondary N) is 2. The van der Waals surface area contributed by atoms with Gasteiger partial charge in [0.25, 0.3) is 0 Å². The molecular weight excluding hydrogens is 516 g/mol. The lowest BCUT2D eigenvalue weighted by Crippen LogP contribution is -2.22. The smallest absolute Gasteiger partial charge is 0.244 e. The first-order valence-electron chi connectivity index (χ1n) is 10.9. The van der Waals surface area contributed by atoms with Crippen LogP contribution in [0.15, 0.2) is 65.1 Å². The highest BCUT2D eigenvalue weighted by atomic mass is 35.5. The molecule has 2 aromatic carbocycles. The van der Waals surface area contributed by atoms with E-state index in [0.717, 1.165) is 16.8 Å². The van der Waals surface area contributed by atoms with Crippen molar-refractivity contribution in [3.63, 3.8) is 0 Å². The number of aromatic nitrogens is 4. The van der Waals surface area contributed by atoms with Crippen LogP contribution in [0.2, 0.25) is 5.02 Å². The maximum Gasteiger partial charge on any atom is 0.244 e. The van der Waals surface area contributed by atoms with Gasteiger partial charge < -0.3 is 15.2 Å². The summed E-state index contributed by atoms with van der Waals surface area (Å²) in [5, 5.41) is 17.4. The molecule has 0 atom stereocenters. The average Bonchev–Trinajstić information content (AvgIpc) is 3.47. The lowest BCUT2D eigenvalue weighted by molar-refractivity contribution is -0.116. The summed E-state index contributed by atoms with van der Waals surface area (Å²) < 4.78 is 1.74. The minimum absolute atomic E-state index is 0.151. The van der Waals surface area contributed by atoms with E-state index in [4.69, 9.17) is 11.6 Å². The molecule has 2 heterocycles. The number of hydrogen-bond acceptors (Lipinski definition) is 7. The van der Waals surface area contributed by atoms with Gasteiger partial charge in [0.15, 0.2) is 16.1 Å². The van der Waals surface area contributed by atoms with Gasteiger partial charge in [0.2, 0.25) is 11.8 Å². The van der Waals surface area contributed by atoms with E-state index in [0.29, 0.717) is 21.1 Å². The number of halogens is 1. The fraction of sp³-hybridized carbons (Fsp3) is 0.160. The van der Waals surface area contributed by atoms with Crippen molar-refractivity contribution in [1.29, 1.82) is 0 Å². The molecule has 0 aliphatic heterocycles. The number of anilines is 1. The fourth-order valence-electron chi connectivity index (χ4n) is 3.10. The zero-order chi connectivity index (χ0) is 25.5. The first-order valence-corrected chi connectivity index (χ1v) is 13.2. The topological polar surface area (TPSA) is 102 Å². The lowest BCUT2D eigenvalue weighted by atomic mass is 10.1. The Labute approximate surface area is 221 Å². The van der Waals surface area contributed by atoms with Gasteiger partial charge in [-0.2, -0.15) is 0 Å². The van der Waals surface area contributed by atoms with Crippen molar-refractivity contribution >= 4 is 57.7 Å². The molecule has 0 fully saturated rings. The normalized spacial score (nSPS) is 11.1. The summed E-state index contributed by atoms with van der Waals surface area (Å²) in [7, 11) is 1.79. The first kappa shape index (κ1) is 25.6. The molecule has 2 amide bonds. The van der Waals surface area contributed by atoms with E-state index >= 15 is 0 Å². The van der Waals surface area contributed by atoms with E-state index in [1.54, 1.807) is 23.8 Å². The number of aryl methyl sites for hydroxylation is 1. The zero-order valence-electron chi connectivity index (χ0n) is 19.6. The first-order chi connectivity index (χ1) is 17.4. The van der Waals surface area contributed by atoms with Crippen molar-refractivity contribution in [3.8, 4) is 11.3 Å². The van der Waals surface area contributed by atoms with Crippen molar-refractivity contribution in [2.75, 3.05) is 11.1 Å². The Bertz CT molecular complexity index is 1400. The molecular formula is C25H23ClN6O2S2. The van der Waals surface area contributed by atoms with Crippen LogP contribution in [0.5, 0.6) is 0 Å². The Kier molecular flexibility index (Phi) is 8.52. The lowest BCUT2D eigenvalue weighted by Gasteiger charge is -2.05. The number of nitrogens with zero attached hydrogens (tertiary/aromatic N) is 4. The number of thiazole rings is 1. The quantitative estimate of drug-likeness (QED) is 0.231. The molecule has 2 N–H and O–H groups in total. The van der Waals surface area contributed by atoms with E-state index in [1.165, 1.54) is 34.7 Å². The second-order valence-corrected chi connectivity index (χ2v) is 9.98. The monoisotopic (exact) mass is 538 g/mol. The SMILES string of the molecule is Cc1ccc(-c2csc(NC(=O)CSc3nnc(CNC(=O)/C=C/c4ccccc4Cl)n3C)n2)cc1. The summed E-state index contributed by atoms with van der Waals surface area (Å²) >= 11 is 8.73. The maximum absolute atomic E-state index is 12.4. The summed E-state index contributed by atoms with van der Waals surface area (Å²) in [6.07, 6.45) is 3.07. The largest absolute Gasteiger partial charge is 0.345 e. The second kappa shape index (κ2) is 12.0. The number of carbonyl (C=O) groups excluding carboxylic acids is 2. The Balaban J connectivity index is 1.25. The minimum atomic E-state index is -0.278. The van der Waals surface area contributed by atoms with Crippen molar-refractivity contribution < 1.29 is 9.59 Å². The summed E-state index contributed by atoms with van der Waals surface area (Å²) in [5.41, 5.74) is 3.77. The van der Waals surface area contributed by atoms with Gasteiger partial charge in [-0.25, -0.2) is 4.98 Å². The Hall–Kier alpha value is -3.47. The van der Waals surface area contributed by atoms with Crippen molar-refractivity contribution in [3.05, 3.63) is 82.0 Å². The van der Waals surface area contributed by atoms with Crippen LogP contribution < -0.4 is 10.6 Å². The molecule has 36 heavy (non-hydrogen) atoms. The van der Waals surface area contributed by atoms with Gasteiger partial charge in [-0.15, -0.1) is 21.5 Å². The molecule has 0 saturated carbocycles. The molecule has 8 nitrogen and oxygen atoms in total. The second-order valence-electron chi connectivity index (χ2n) is 7.77. The highest BCUT2D eigenvalue weighted by Crippen LogP contribution is 2.25. The van der Waals surface area contributed by atoms with Crippen molar-refractivity contribution in [2.24, 2.45) is 7.05 Å². The van der Waals surface area contributed by atoms with E-state index in [1.807, 2.05) is 54.8 Å². The van der Waals surface area contributed by atoms with Crippen LogP contribution in [0.4, 0.5) is 5.13 Å². The van der Waals surface area contributed by atoms with Gasteiger partial charge in [0, 0.05) is 29.1 Å². The standard InChI is InChI=1S/C25H23ClN6O2S2/c1-16-7-9-18(10-8-16)20-14-35-24(28-20)29-23(34)15-36-25-31-30-21(32(25)2)13-27-22(33)12-11-17-5-3-4-6-19(17)26/h3-12,14H,13,15H2,1-2H3,(H,27,33)(H,28,29,34)/b12-11+. The summed E-state index contributed by atoms with van der Waals surface area (Å²) in [5.74, 6) is 0.255. The third-order valence-corrected chi connectivity index (χ3v) is 7.22. The van der Waals surface area contributed by atoms with Gasteiger partial charge in [-0.05, 0) is 24.6 Å². The molecule has 0 saturated heterocycles. The van der Waals surface area contributed by atoms with Crippen LogP contribution in [0, 0.1) is 6.92 Å². The summed E-state index contributed by atoms with van der Waals surface area (Å²) in [6.45, 7) is 2.23. The molecule has 4 aromatic rings. The van der Waals surface area contributed by atoms with Crippen LogP contribution in [0.25, 0.3) is 17.3 Å². The number of amides is 2. The van der Waals surface area contributed by atoms with Crippen LogP contribution in [-0.4, -0.2) is 37.3 Å². The molecule has 11 heteroatoms. The number of carbonyl (C=O) groups is 2. The number of thioether (sulfide) groups is 1. The van der Waals surface area contributed by atoms with Gasteiger partial charge in [-0.3, -0.25) is 9.59 Å². The molecule has 0 unspecified atom stereocenters. The maximum atomic E-state index is 12.4. The molecule has 184 valence electrons.